The van der Waals surface area contributed by atoms with Crippen molar-refractivity contribution in [2.75, 3.05) is 39.8 Å². The van der Waals surface area contributed by atoms with Crippen LogP contribution < -0.4 is 5.73 Å². The quantitative estimate of drug-likeness (QED) is 0.830. The summed E-state index contributed by atoms with van der Waals surface area (Å²) in [5, 5.41) is 1.89. The first-order valence-electron chi connectivity index (χ1n) is 6.47. The molecule has 1 aliphatic heterocycles. The highest BCUT2D eigenvalue weighted by Crippen LogP contribution is 2.15. The second kappa shape index (κ2) is 6.83. The first-order chi connectivity index (χ1) is 9.56. The molecule has 1 saturated heterocycles. The number of primary amides is 1. The predicted octanol–water partition coefficient (Wildman–Crippen LogP) is 0.00620. The van der Waals surface area contributed by atoms with E-state index >= 15 is 0 Å². The number of ether oxygens (including phenoxy) is 1. The van der Waals surface area contributed by atoms with Crippen molar-refractivity contribution >= 4 is 23.2 Å². The van der Waals surface area contributed by atoms with Crippen LogP contribution in [0.3, 0.4) is 0 Å². The Morgan fingerprint density at radius 3 is 3.05 bits per heavy atom. The van der Waals surface area contributed by atoms with Crippen molar-refractivity contribution in [3.63, 3.8) is 0 Å². The molecule has 2 N–H and O–H groups in total. The molecule has 0 bridgehead atoms. The molecule has 1 unspecified atom stereocenters. The minimum absolute atomic E-state index is 0.0471. The molecule has 1 aliphatic rings. The van der Waals surface area contributed by atoms with Crippen LogP contribution in [-0.4, -0.2) is 67.6 Å². The molecule has 2 amide bonds. The van der Waals surface area contributed by atoms with E-state index in [0.29, 0.717) is 26.2 Å². The van der Waals surface area contributed by atoms with Crippen LogP contribution >= 0.6 is 11.3 Å². The van der Waals surface area contributed by atoms with E-state index < -0.39 is 0 Å². The molecule has 7 heteroatoms. The van der Waals surface area contributed by atoms with Gasteiger partial charge in [-0.3, -0.25) is 14.5 Å². The minimum Gasteiger partial charge on any atom is -0.373 e. The van der Waals surface area contributed by atoms with Gasteiger partial charge in [0.25, 0.3) is 5.91 Å². The van der Waals surface area contributed by atoms with E-state index in [0.717, 1.165) is 4.88 Å². The van der Waals surface area contributed by atoms with Gasteiger partial charge in [0.2, 0.25) is 5.91 Å². The Hall–Kier alpha value is -1.44. The SMILES string of the molecule is CN(CC(N)=O)CC1CN(C(=O)c2cccs2)CCO1. The number of thiophene rings is 1. The van der Waals surface area contributed by atoms with Gasteiger partial charge in [0.15, 0.2) is 0 Å². The monoisotopic (exact) mass is 297 g/mol. The molecule has 1 aromatic heterocycles. The first-order valence-corrected chi connectivity index (χ1v) is 7.35. The molecule has 1 fully saturated rings. The summed E-state index contributed by atoms with van der Waals surface area (Å²) >= 11 is 1.44. The molecule has 0 aromatic carbocycles. The summed E-state index contributed by atoms with van der Waals surface area (Å²) in [6.45, 7) is 2.44. The van der Waals surface area contributed by atoms with Gasteiger partial charge in [0.05, 0.1) is 24.1 Å². The van der Waals surface area contributed by atoms with Gasteiger partial charge in [-0.1, -0.05) is 6.07 Å². The number of carbonyl (C=O) groups is 2. The number of nitrogens with zero attached hydrogens (tertiary/aromatic N) is 2. The van der Waals surface area contributed by atoms with Crippen LogP contribution in [0.1, 0.15) is 9.67 Å². The molecule has 2 heterocycles. The molecule has 110 valence electrons. The third kappa shape index (κ3) is 4.03. The van der Waals surface area contributed by atoms with E-state index in [9.17, 15) is 9.59 Å². The van der Waals surface area contributed by atoms with Gasteiger partial charge in [0.1, 0.15) is 0 Å². The van der Waals surface area contributed by atoms with Crippen molar-refractivity contribution in [3.8, 4) is 0 Å². The molecular formula is C13H19N3O3S. The van der Waals surface area contributed by atoms with Crippen LogP contribution in [0, 0.1) is 0 Å². The van der Waals surface area contributed by atoms with Crippen molar-refractivity contribution in [2.45, 2.75) is 6.10 Å². The van der Waals surface area contributed by atoms with Crippen LogP contribution in [0.4, 0.5) is 0 Å². The standard InChI is InChI=1S/C13H19N3O3S/c1-15(9-12(14)17)7-10-8-16(4-5-19-10)13(18)11-3-2-6-20-11/h2-3,6,10H,4-5,7-9H2,1H3,(H2,14,17). The number of amides is 2. The zero-order valence-electron chi connectivity index (χ0n) is 11.4. The zero-order valence-corrected chi connectivity index (χ0v) is 12.3. The van der Waals surface area contributed by atoms with Crippen LogP contribution in [0.25, 0.3) is 0 Å². The second-order valence-electron chi connectivity index (χ2n) is 4.88. The molecule has 0 radical (unpaired) electrons. The summed E-state index contributed by atoms with van der Waals surface area (Å²) in [6.07, 6.45) is -0.0861. The summed E-state index contributed by atoms with van der Waals surface area (Å²) in [6, 6.07) is 3.70. The third-order valence-corrected chi connectivity index (χ3v) is 3.96. The minimum atomic E-state index is -0.366. The number of morpholine rings is 1. The lowest BCUT2D eigenvalue weighted by molar-refractivity contribution is -0.119. The third-order valence-electron chi connectivity index (χ3n) is 3.10. The molecule has 0 spiro atoms. The number of carbonyl (C=O) groups excluding carboxylic acids is 2. The van der Waals surface area contributed by atoms with Crippen LogP contribution in [0.5, 0.6) is 0 Å². The molecule has 2 rings (SSSR count). The highest BCUT2D eigenvalue weighted by Gasteiger charge is 2.26. The number of hydrogen-bond donors (Lipinski definition) is 1. The van der Waals surface area contributed by atoms with Gasteiger partial charge in [-0.25, -0.2) is 0 Å². The van der Waals surface area contributed by atoms with Crippen molar-refractivity contribution in [3.05, 3.63) is 22.4 Å². The topological polar surface area (TPSA) is 75.9 Å². The van der Waals surface area contributed by atoms with E-state index in [1.807, 2.05) is 29.5 Å². The molecule has 1 aromatic rings. The van der Waals surface area contributed by atoms with Crippen molar-refractivity contribution in [1.82, 2.24) is 9.80 Å². The van der Waals surface area contributed by atoms with Gasteiger partial charge in [-0.15, -0.1) is 11.3 Å². The second-order valence-corrected chi connectivity index (χ2v) is 5.83. The molecular weight excluding hydrogens is 278 g/mol. The Balaban J connectivity index is 1.88. The molecule has 6 nitrogen and oxygen atoms in total. The van der Waals surface area contributed by atoms with Gasteiger partial charge in [-0.2, -0.15) is 0 Å². The van der Waals surface area contributed by atoms with Crippen molar-refractivity contribution in [1.29, 1.82) is 0 Å². The Morgan fingerprint density at radius 2 is 2.40 bits per heavy atom. The normalized spacial score (nSPS) is 19.3. The van der Waals surface area contributed by atoms with E-state index in [1.165, 1.54) is 11.3 Å². The Bertz CT molecular complexity index is 463. The average Bonchev–Trinajstić information content (AvgIpc) is 2.91. The fourth-order valence-electron chi connectivity index (χ4n) is 2.25. The largest absolute Gasteiger partial charge is 0.373 e. The molecule has 1 atom stereocenters. The summed E-state index contributed by atoms with van der Waals surface area (Å²) < 4.78 is 5.64. The summed E-state index contributed by atoms with van der Waals surface area (Å²) in [4.78, 5) is 27.5. The van der Waals surface area contributed by atoms with Crippen molar-refractivity contribution < 1.29 is 14.3 Å². The maximum atomic E-state index is 12.3. The molecule has 20 heavy (non-hydrogen) atoms. The van der Waals surface area contributed by atoms with Gasteiger partial charge in [0, 0.05) is 19.6 Å². The zero-order chi connectivity index (χ0) is 14.5. The fraction of sp³-hybridized carbons (Fsp3) is 0.538. The lowest BCUT2D eigenvalue weighted by Crippen LogP contribution is -2.49. The van der Waals surface area contributed by atoms with Gasteiger partial charge < -0.3 is 15.4 Å². The van der Waals surface area contributed by atoms with E-state index in [1.54, 1.807) is 4.90 Å². The Morgan fingerprint density at radius 1 is 1.60 bits per heavy atom. The molecule has 0 aliphatic carbocycles. The molecule has 0 saturated carbocycles. The maximum absolute atomic E-state index is 12.3. The average molecular weight is 297 g/mol. The number of likely N-dealkylation sites (N-methyl/N-ethyl adjacent to an activating group) is 1. The van der Waals surface area contributed by atoms with Crippen LogP contribution in [-0.2, 0) is 9.53 Å². The maximum Gasteiger partial charge on any atom is 0.264 e. The first kappa shape index (κ1) is 15.0. The number of rotatable bonds is 5. The van der Waals surface area contributed by atoms with Gasteiger partial charge >= 0.3 is 0 Å². The van der Waals surface area contributed by atoms with Gasteiger partial charge in [-0.05, 0) is 18.5 Å². The highest BCUT2D eigenvalue weighted by molar-refractivity contribution is 7.12. The fourth-order valence-corrected chi connectivity index (χ4v) is 2.94. The lowest BCUT2D eigenvalue weighted by atomic mass is 10.2. The highest BCUT2D eigenvalue weighted by atomic mass is 32.1. The summed E-state index contributed by atoms with van der Waals surface area (Å²) in [7, 11) is 1.81. The van der Waals surface area contributed by atoms with E-state index in [2.05, 4.69) is 0 Å². The lowest BCUT2D eigenvalue weighted by Gasteiger charge is -2.34. The smallest absolute Gasteiger partial charge is 0.264 e. The van der Waals surface area contributed by atoms with Crippen LogP contribution in [0.2, 0.25) is 0 Å². The summed E-state index contributed by atoms with van der Waals surface area (Å²) in [5.41, 5.74) is 5.15. The van der Waals surface area contributed by atoms with Crippen LogP contribution in [0.15, 0.2) is 17.5 Å². The number of nitrogens with two attached hydrogens (primary N) is 1. The summed E-state index contributed by atoms with van der Waals surface area (Å²) in [5.74, 6) is -0.319. The van der Waals surface area contributed by atoms with E-state index in [-0.39, 0.29) is 24.5 Å². The Kier molecular flexibility index (Phi) is 5.11. The number of hydrogen-bond acceptors (Lipinski definition) is 5. The van der Waals surface area contributed by atoms with Crippen molar-refractivity contribution in [2.24, 2.45) is 5.73 Å². The Labute approximate surface area is 122 Å². The predicted molar refractivity (Wildman–Crippen MR) is 76.7 cm³/mol. The van der Waals surface area contributed by atoms with E-state index in [4.69, 9.17) is 10.5 Å².